The normalized spacial score (nSPS) is 12.1. The lowest BCUT2D eigenvalue weighted by atomic mass is 10.1. The molecule has 3 heterocycles. The number of carbonyl (C=O) groups is 1. The third-order valence-electron chi connectivity index (χ3n) is 7.25. The number of halogens is 2. The Hall–Kier alpha value is -4.87. The molecule has 262 valence electrons. The quantitative estimate of drug-likeness (QED) is 0.130. The predicted octanol–water partition coefficient (Wildman–Crippen LogP) is 8.76. The second kappa shape index (κ2) is 20.1. The van der Waals surface area contributed by atoms with Crippen molar-refractivity contribution in [2.24, 2.45) is 0 Å². The molecular weight excluding hydrogens is 798 g/mol. The summed E-state index contributed by atoms with van der Waals surface area (Å²) in [6.45, 7) is 12.6. The van der Waals surface area contributed by atoms with Crippen molar-refractivity contribution < 1.29 is 22.0 Å². The zero-order chi connectivity index (χ0) is 36.5. The number of nitrogens with one attached hydrogen (secondary N) is 1. The van der Waals surface area contributed by atoms with E-state index in [1.807, 2.05) is 43.3 Å². The zero-order valence-electron chi connectivity index (χ0n) is 27.7. The number of hydrogen-bond acceptors (Lipinski definition) is 9. The molecule has 0 bridgehead atoms. The van der Waals surface area contributed by atoms with E-state index in [-0.39, 0.29) is 4.90 Å². The second-order valence-electron chi connectivity index (χ2n) is 10.9. The molecule has 0 saturated carbocycles. The van der Waals surface area contributed by atoms with Crippen LogP contribution < -0.4 is 10.2 Å². The van der Waals surface area contributed by atoms with E-state index in [9.17, 15) is 13.2 Å². The van der Waals surface area contributed by atoms with E-state index in [2.05, 4.69) is 81.2 Å². The molecule has 10 nitrogen and oxygen atoms in total. The molecule has 0 spiro atoms. The van der Waals surface area contributed by atoms with Gasteiger partial charge in [0, 0.05) is 57.5 Å². The van der Waals surface area contributed by atoms with Gasteiger partial charge in [-0.05, 0) is 67.6 Å². The number of aldehydes is 1. The third-order valence-corrected chi connectivity index (χ3v) is 9.76. The third kappa shape index (κ3) is 12.8. The molecule has 1 fully saturated rings. The number of aromatic nitrogens is 2. The summed E-state index contributed by atoms with van der Waals surface area (Å²) >= 11 is 6.62. The summed E-state index contributed by atoms with van der Waals surface area (Å²) in [7, 11) is -3.38. The molecule has 13 heteroatoms. The molecule has 4 aromatic carbocycles. The van der Waals surface area contributed by atoms with Crippen LogP contribution in [0.5, 0.6) is 0 Å². The summed E-state index contributed by atoms with van der Waals surface area (Å²) in [5.74, 6) is 1.13. The van der Waals surface area contributed by atoms with E-state index in [1.54, 1.807) is 36.7 Å². The summed E-state index contributed by atoms with van der Waals surface area (Å²) in [6, 6.07) is 30.0. The van der Waals surface area contributed by atoms with Gasteiger partial charge in [0.1, 0.15) is 6.29 Å². The van der Waals surface area contributed by atoms with Gasteiger partial charge in [-0.15, -0.1) is 0 Å². The van der Waals surface area contributed by atoms with E-state index in [1.165, 1.54) is 30.6 Å². The van der Waals surface area contributed by atoms with Gasteiger partial charge in [-0.25, -0.2) is 25.0 Å². The first kappa shape index (κ1) is 38.9. The van der Waals surface area contributed by atoms with E-state index in [4.69, 9.17) is 15.4 Å². The van der Waals surface area contributed by atoms with Gasteiger partial charge in [-0.2, -0.15) is 0 Å². The maximum Gasteiger partial charge on any atom is 0.316 e. The summed E-state index contributed by atoms with van der Waals surface area (Å²) < 4.78 is 35.1. The van der Waals surface area contributed by atoms with E-state index < -0.39 is 15.7 Å². The first-order valence-electron chi connectivity index (χ1n) is 15.6. The first-order chi connectivity index (χ1) is 24.7. The zero-order valence-corrected chi connectivity index (χ0v) is 31.6. The Kier molecular flexibility index (Phi) is 15.3. The van der Waals surface area contributed by atoms with Crippen LogP contribution in [0.2, 0.25) is 0 Å². The topological polar surface area (TPSA) is 123 Å². The first-order valence-corrected chi connectivity index (χ1v) is 18.8. The molecule has 2 aromatic heterocycles. The Balaban J connectivity index is 0.000000156. The Morgan fingerprint density at radius 2 is 1.27 bits per heavy atom. The maximum absolute atomic E-state index is 11.3. The van der Waals surface area contributed by atoms with Crippen LogP contribution in [0.3, 0.4) is 0 Å². The number of carbonyl (C=O) groups excluding carboxylic acids is 1. The highest BCUT2D eigenvalue weighted by atomic mass is 79.9. The van der Waals surface area contributed by atoms with Gasteiger partial charge in [-0.1, -0.05) is 73.8 Å². The minimum atomic E-state index is -3.38. The summed E-state index contributed by atoms with van der Waals surface area (Å²) in [6.07, 6.45) is 7.15. The number of oxazole rings is 2. The van der Waals surface area contributed by atoms with Crippen molar-refractivity contribution >= 4 is 53.7 Å². The molecular formula is C38H35Br2N5O5S. The van der Waals surface area contributed by atoms with Crippen LogP contribution in [0, 0.1) is 13.5 Å². The van der Waals surface area contributed by atoms with Crippen molar-refractivity contribution in [3.05, 3.63) is 154 Å². The van der Waals surface area contributed by atoms with Crippen LogP contribution in [0.4, 0.5) is 5.69 Å². The SMILES string of the molecule is Brc1ccc(-c2cnco2)cc1.O=Cc1ccc(Br)cc1.[C-]#[N+]CS(=O)(=O)c1ccc(C)cc1.c1ncc(-c2ccc(N3CCNCC3)cc2)o1. The van der Waals surface area contributed by atoms with Gasteiger partial charge in [-0.3, -0.25) is 9.64 Å². The number of anilines is 1. The lowest BCUT2D eigenvalue weighted by Gasteiger charge is -2.29. The number of piperazine rings is 1. The van der Waals surface area contributed by atoms with Crippen LogP contribution >= 0.6 is 31.9 Å². The van der Waals surface area contributed by atoms with Crippen molar-refractivity contribution in [3.8, 4) is 22.6 Å². The fourth-order valence-corrected chi connectivity index (χ4v) is 5.94. The van der Waals surface area contributed by atoms with Crippen LogP contribution in [0.1, 0.15) is 15.9 Å². The Labute approximate surface area is 314 Å². The summed E-state index contributed by atoms with van der Waals surface area (Å²) in [4.78, 5) is 23.3. The van der Waals surface area contributed by atoms with Gasteiger partial charge >= 0.3 is 5.88 Å². The second-order valence-corrected chi connectivity index (χ2v) is 14.7. The summed E-state index contributed by atoms with van der Waals surface area (Å²) in [5, 5.41) is 3.35. The number of sulfone groups is 1. The predicted molar refractivity (Wildman–Crippen MR) is 206 cm³/mol. The minimum Gasteiger partial charge on any atom is -0.444 e. The lowest BCUT2D eigenvalue weighted by molar-refractivity contribution is 0.112. The smallest absolute Gasteiger partial charge is 0.316 e. The van der Waals surface area contributed by atoms with E-state index in [0.29, 0.717) is 5.56 Å². The van der Waals surface area contributed by atoms with Gasteiger partial charge in [0.15, 0.2) is 24.3 Å². The molecule has 1 aliphatic rings. The van der Waals surface area contributed by atoms with Gasteiger partial charge in [0.25, 0.3) is 9.84 Å². The van der Waals surface area contributed by atoms with Crippen LogP contribution in [0.15, 0.2) is 145 Å². The number of benzene rings is 4. The van der Waals surface area contributed by atoms with Crippen LogP contribution in [-0.2, 0) is 9.84 Å². The molecule has 7 rings (SSSR count). The lowest BCUT2D eigenvalue weighted by Crippen LogP contribution is -2.43. The number of rotatable bonds is 6. The average molecular weight is 834 g/mol. The minimum absolute atomic E-state index is 0.217. The largest absolute Gasteiger partial charge is 0.444 e. The van der Waals surface area contributed by atoms with Crippen molar-refractivity contribution in [1.29, 1.82) is 0 Å². The average Bonchev–Trinajstić information content (AvgIpc) is 3.90. The molecule has 0 amide bonds. The van der Waals surface area contributed by atoms with Crippen molar-refractivity contribution in [2.75, 3.05) is 37.0 Å². The molecule has 0 radical (unpaired) electrons. The Morgan fingerprint density at radius 1 is 0.784 bits per heavy atom. The molecule has 0 aliphatic carbocycles. The maximum atomic E-state index is 11.3. The standard InChI is InChI=1S/C13H15N3O.C9H6BrNO.C9H9NO2S.C7H5BrO/c1-3-12(16-7-5-14-6-8-16)4-2-11(1)13-9-15-10-17-13;10-8-3-1-7(2-4-8)9-5-11-6-12-9;1-8-3-5-9(6-4-8)13(11,12)7-10-2;8-7-3-1-6(5-9)2-4-7/h1-4,9-10,14H,5-8H2;1-6H;3-6H,7H2,1H3;1-5H. The van der Waals surface area contributed by atoms with Crippen molar-refractivity contribution in [1.82, 2.24) is 15.3 Å². The highest BCUT2D eigenvalue weighted by Crippen LogP contribution is 2.23. The van der Waals surface area contributed by atoms with Crippen LogP contribution in [0.25, 0.3) is 27.5 Å². The van der Waals surface area contributed by atoms with Gasteiger partial charge < -0.3 is 19.1 Å². The van der Waals surface area contributed by atoms with Crippen molar-refractivity contribution in [2.45, 2.75) is 11.8 Å². The number of hydrogen-bond donors (Lipinski definition) is 1. The number of nitrogens with zero attached hydrogens (tertiary/aromatic N) is 4. The monoisotopic (exact) mass is 831 g/mol. The molecule has 1 N–H and O–H groups in total. The van der Waals surface area contributed by atoms with E-state index >= 15 is 0 Å². The van der Waals surface area contributed by atoms with Gasteiger partial charge in [0.2, 0.25) is 0 Å². The Morgan fingerprint density at radius 3 is 1.73 bits per heavy atom. The van der Waals surface area contributed by atoms with Gasteiger partial charge in [0.05, 0.1) is 17.3 Å². The fourth-order valence-electron chi connectivity index (χ4n) is 4.54. The Bertz CT molecular complexity index is 2040. The molecule has 1 aliphatic heterocycles. The fraction of sp³-hybridized carbons (Fsp3) is 0.158. The molecule has 0 unspecified atom stereocenters. The molecule has 0 atom stereocenters. The van der Waals surface area contributed by atoms with Crippen LogP contribution in [-0.4, -0.2) is 56.7 Å². The summed E-state index contributed by atoms with van der Waals surface area (Å²) in [5.41, 5.74) is 5.09. The number of aryl methyl sites for hydroxylation is 1. The molecule has 51 heavy (non-hydrogen) atoms. The highest BCUT2D eigenvalue weighted by Gasteiger charge is 2.16. The highest BCUT2D eigenvalue weighted by molar-refractivity contribution is 9.10. The molecule has 1 saturated heterocycles. The van der Waals surface area contributed by atoms with Crippen molar-refractivity contribution in [3.63, 3.8) is 0 Å². The van der Waals surface area contributed by atoms with E-state index in [0.717, 1.165) is 69.6 Å². The molecule has 6 aromatic rings.